The number of halogens is 2. The highest BCUT2D eigenvalue weighted by Crippen LogP contribution is 2.23. The highest BCUT2D eigenvalue weighted by Gasteiger charge is 2.35. The van der Waals surface area contributed by atoms with Crippen LogP contribution in [0.4, 0.5) is 8.78 Å². The van der Waals surface area contributed by atoms with Gasteiger partial charge < -0.3 is 4.90 Å². The summed E-state index contributed by atoms with van der Waals surface area (Å²) in [7, 11) is -3.21. The van der Waals surface area contributed by atoms with Gasteiger partial charge in [0, 0.05) is 23.7 Å². The van der Waals surface area contributed by atoms with Crippen molar-refractivity contribution in [1.82, 2.24) is 4.90 Å². The van der Waals surface area contributed by atoms with Crippen LogP contribution in [-0.2, 0) is 16.4 Å². The molecule has 2 aromatic rings. The number of sulfone groups is 1. The summed E-state index contributed by atoms with van der Waals surface area (Å²) in [5.41, 5.74) is 0.546. The first kappa shape index (κ1) is 17.5. The molecule has 3 rings (SSSR count). The van der Waals surface area contributed by atoms with E-state index in [9.17, 15) is 22.0 Å². The summed E-state index contributed by atoms with van der Waals surface area (Å²) in [6.07, 6.45) is 0.309. The second kappa shape index (κ2) is 6.92. The summed E-state index contributed by atoms with van der Waals surface area (Å²) >= 11 is 0. The third kappa shape index (κ3) is 4.04. The number of carbonyl (C=O) groups excluding carboxylic acids is 1. The van der Waals surface area contributed by atoms with Crippen LogP contribution in [0.25, 0.3) is 0 Å². The zero-order valence-electron chi connectivity index (χ0n) is 13.4. The molecule has 1 aliphatic rings. The van der Waals surface area contributed by atoms with Crippen molar-refractivity contribution in [2.45, 2.75) is 19.0 Å². The third-order valence-corrected chi connectivity index (χ3v) is 6.05. The van der Waals surface area contributed by atoms with Crippen molar-refractivity contribution in [1.29, 1.82) is 0 Å². The lowest BCUT2D eigenvalue weighted by Gasteiger charge is -2.28. The standard InChI is InChI=1S/C18H17F2NO3S/c19-15-7-5-13(6-8-15)18(22)21(16-9-10-25(23,24)12-16)11-14-3-1-2-4-17(14)20/h1-8,16H,9-12H2/t16-/m1/s1. The predicted octanol–water partition coefficient (Wildman–Crippen LogP) is 2.79. The molecule has 25 heavy (non-hydrogen) atoms. The van der Waals surface area contributed by atoms with E-state index in [2.05, 4.69) is 0 Å². The average molecular weight is 365 g/mol. The van der Waals surface area contributed by atoms with Gasteiger partial charge in [-0.2, -0.15) is 0 Å². The van der Waals surface area contributed by atoms with E-state index in [4.69, 9.17) is 0 Å². The summed E-state index contributed by atoms with van der Waals surface area (Å²) in [5, 5.41) is 0. The molecule has 4 nitrogen and oxygen atoms in total. The highest BCUT2D eigenvalue weighted by atomic mass is 32.2. The quantitative estimate of drug-likeness (QED) is 0.837. The summed E-state index contributed by atoms with van der Waals surface area (Å²) in [6.45, 7) is -0.0386. The molecule has 0 spiro atoms. The van der Waals surface area contributed by atoms with Crippen LogP contribution in [0.1, 0.15) is 22.3 Å². The lowest BCUT2D eigenvalue weighted by atomic mass is 10.1. The Balaban J connectivity index is 1.92. The number of amides is 1. The molecule has 1 aliphatic heterocycles. The molecule has 0 aromatic heterocycles. The molecule has 7 heteroatoms. The molecule has 1 fully saturated rings. The van der Waals surface area contributed by atoms with Crippen LogP contribution < -0.4 is 0 Å². The molecule has 1 atom stereocenters. The van der Waals surface area contributed by atoms with Gasteiger partial charge in [0.15, 0.2) is 9.84 Å². The maximum Gasteiger partial charge on any atom is 0.254 e. The average Bonchev–Trinajstić information content (AvgIpc) is 2.94. The van der Waals surface area contributed by atoms with Crippen molar-refractivity contribution in [3.05, 3.63) is 71.3 Å². The smallest absolute Gasteiger partial charge is 0.254 e. The van der Waals surface area contributed by atoms with Crippen LogP contribution in [0.3, 0.4) is 0 Å². The van der Waals surface area contributed by atoms with E-state index in [0.717, 1.165) is 0 Å². The second-order valence-electron chi connectivity index (χ2n) is 6.09. The van der Waals surface area contributed by atoms with Crippen LogP contribution in [0, 0.1) is 11.6 Å². The van der Waals surface area contributed by atoms with Crippen molar-refractivity contribution in [2.75, 3.05) is 11.5 Å². The van der Waals surface area contributed by atoms with Crippen LogP contribution in [0.2, 0.25) is 0 Å². The number of carbonyl (C=O) groups is 1. The highest BCUT2D eigenvalue weighted by molar-refractivity contribution is 7.91. The molecule has 1 heterocycles. The number of nitrogens with zero attached hydrogens (tertiary/aromatic N) is 1. The lowest BCUT2D eigenvalue weighted by molar-refractivity contribution is 0.0679. The maximum atomic E-state index is 14.0. The van der Waals surface area contributed by atoms with Gasteiger partial charge in [-0.1, -0.05) is 18.2 Å². The van der Waals surface area contributed by atoms with Crippen molar-refractivity contribution in [3.63, 3.8) is 0 Å². The van der Waals surface area contributed by atoms with Crippen molar-refractivity contribution in [3.8, 4) is 0 Å². The molecular formula is C18H17F2NO3S. The first-order valence-corrected chi connectivity index (χ1v) is 9.68. The van der Waals surface area contributed by atoms with E-state index in [0.29, 0.717) is 12.0 Å². The monoisotopic (exact) mass is 365 g/mol. The van der Waals surface area contributed by atoms with E-state index < -0.39 is 33.4 Å². The number of hydrogen-bond donors (Lipinski definition) is 0. The summed E-state index contributed by atoms with van der Waals surface area (Å²) < 4.78 is 50.7. The topological polar surface area (TPSA) is 54.5 Å². The zero-order chi connectivity index (χ0) is 18.0. The van der Waals surface area contributed by atoms with E-state index >= 15 is 0 Å². The summed E-state index contributed by atoms with van der Waals surface area (Å²) in [5.74, 6) is -1.51. The lowest BCUT2D eigenvalue weighted by Crippen LogP contribution is -2.40. The Morgan fingerprint density at radius 1 is 1.08 bits per heavy atom. The Hall–Kier alpha value is -2.28. The molecule has 0 N–H and O–H groups in total. The Bertz CT molecular complexity index is 881. The molecule has 132 valence electrons. The largest absolute Gasteiger partial charge is 0.330 e. The summed E-state index contributed by atoms with van der Waals surface area (Å²) in [6, 6.07) is 10.5. The second-order valence-corrected chi connectivity index (χ2v) is 8.32. The molecule has 0 unspecified atom stereocenters. The fraction of sp³-hybridized carbons (Fsp3) is 0.278. The molecule has 0 aliphatic carbocycles. The fourth-order valence-corrected chi connectivity index (χ4v) is 4.69. The minimum absolute atomic E-state index is 0.00212. The Morgan fingerprint density at radius 3 is 2.36 bits per heavy atom. The normalized spacial score (nSPS) is 18.9. The number of rotatable bonds is 4. The molecular weight excluding hydrogens is 348 g/mol. The van der Waals surface area contributed by atoms with E-state index in [1.807, 2.05) is 0 Å². The van der Waals surface area contributed by atoms with Crippen molar-refractivity contribution in [2.24, 2.45) is 0 Å². The molecule has 0 bridgehead atoms. The van der Waals surface area contributed by atoms with Gasteiger partial charge in [0.1, 0.15) is 11.6 Å². The molecule has 1 amide bonds. The van der Waals surface area contributed by atoms with Crippen LogP contribution in [0.15, 0.2) is 48.5 Å². The minimum Gasteiger partial charge on any atom is -0.330 e. The van der Waals surface area contributed by atoms with Gasteiger partial charge in [0.25, 0.3) is 5.91 Å². The Kier molecular flexibility index (Phi) is 4.85. The van der Waals surface area contributed by atoms with Crippen LogP contribution in [0.5, 0.6) is 0 Å². The molecule has 0 radical (unpaired) electrons. The molecule has 0 saturated carbocycles. The van der Waals surface area contributed by atoms with Gasteiger partial charge in [-0.15, -0.1) is 0 Å². The predicted molar refractivity (Wildman–Crippen MR) is 89.7 cm³/mol. The SMILES string of the molecule is O=C(c1ccc(F)cc1)N(Cc1ccccc1F)[C@@H]1CCS(=O)(=O)C1. The minimum atomic E-state index is -3.21. The zero-order valence-corrected chi connectivity index (χ0v) is 14.2. The van der Waals surface area contributed by atoms with Crippen LogP contribution >= 0.6 is 0 Å². The third-order valence-electron chi connectivity index (χ3n) is 4.30. The fourth-order valence-electron chi connectivity index (χ4n) is 2.96. The summed E-state index contributed by atoms with van der Waals surface area (Å²) in [4.78, 5) is 14.2. The molecule has 1 saturated heterocycles. The maximum absolute atomic E-state index is 14.0. The van der Waals surface area contributed by atoms with E-state index in [1.54, 1.807) is 18.2 Å². The first-order valence-electron chi connectivity index (χ1n) is 7.86. The number of hydrogen-bond acceptors (Lipinski definition) is 3. The van der Waals surface area contributed by atoms with Crippen molar-refractivity contribution < 1.29 is 22.0 Å². The van der Waals surface area contributed by atoms with E-state index in [-0.39, 0.29) is 23.6 Å². The van der Waals surface area contributed by atoms with Gasteiger partial charge in [-0.25, -0.2) is 17.2 Å². The van der Waals surface area contributed by atoms with Crippen molar-refractivity contribution >= 4 is 15.7 Å². The molecule has 2 aromatic carbocycles. The Labute approximate surface area is 145 Å². The van der Waals surface area contributed by atoms with Gasteiger partial charge in [0.05, 0.1) is 11.5 Å². The van der Waals surface area contributed by atoms with E-state index in [1.165, 1.54) is 35.2 Å². The Morgan fingerprint density at radius 2 is 1.76 bits per heavy atom. The first-order chi connectivity index (χ1) is 11.9. The van der Waals surface area contributed by atoms with Crippen LogP contribution in [-0.4, -0.2) is 36.8 Å². The van der Waals surface area contributed by atoms with Gasteiger partial charge in [-0.05, 0) is 36.8 Å². The van der Waals surface area contributed by atoms with Gasteiger partial charge in [-0.3, -0.25) is 4.79 Å². The number of benzene rings is 2. The van der Waals surface area contributed by atoms with Gasteiger partial charge in [0.2, 0.25) is 0 Å². The van der Waals surface area contributed by atoms with Gasteiger partial charge >= 0.3 is 0 Å².